The third-order valence-corrected chi connectivity index (χ3v) is 4.42. The molecule has 1 aromatic heterocycles. The first-order valence-electron chi connectivity index (χ1n) is 7.89. The van der Waals surface area contributed by atoms with Gasteiger partial charge in [-0.05, 0) is 29.8 Å². The van der Waals surface area contributed by atoms with E-state index < -0.39 is 4.92 Å². The van der Waals surface area contributed by atoms with E-state index in [1.54, 1.807) is 24.3 Å². The molecule has 2 aromatic carbocycles. The summed E-state index contributed by atoms with van der Waals surface area (Å²) in [4.78, 5) is 10.2. The van der Waals surface area contributed by atoms with Crippen molar-refractivity contribution in [3.63, 3.8) is 0 Å². The minimum Gasteiger partial charge on any atom is -0.383 e. The van der Waals surface area contributed by atoms with Crippen molar-refractivity contribution < 1.29 is 9.31 Å². The molecule has 9 heteroatoms. The van der Waals surface area contributed by atoms with E-state index in [0.717, 1.165) is 16.3 Å². The second-order valence-electron chi connectivity index (χ2n) is 5.46. The molecule has 0 spiro atoms. The van der Waals surface area contributed by atoms with Gasteiger partial charge in [-0.1, -0.05) is 23.5 Å². The van der Waals surface area contributed by atoms with Crippen LogP contribution in [-0.4, -0.2) is 28.2 Å². The van der Waals surface area contributed by atoms with E-state index >= 15 is 0 Å². The van der Waals surface area contributed by atoms with Crippen molar-refractivity contribution in [1.82, 2.24) is 10.2 Å². The highest BCUT2D eigenvalue weighted by Gasteiger charge is 2.06. The predicted octanol–water partition coefficient (Wildman–Crippen LogP) is 3.70. The topological polar surface area (TPSA) is 93.0 Å². The quantitative estimate of drug-likeness (QED) is 0.355. The Morgan fingerprint density at radius 2 is 1.69 bits per heavy atom. The molecule has 0 amide bonds. The maximum atomic E-state index is 12.9. The van der Waals surface area contributed by atoms with Gasteiger partial charge in [-0.2, -0.15) is 0 Å². The Morgan fingerprint density at radius 3 is 2.38 bits per heavy atom. The fraction of sp³-hybridized carbons (Fsp3) is 0.176. The molecule has 1 heterocycles. The predicted molar refractivity (Wildman–Crippen MR) is 99.2 cm³/mol. The molecule has 0 saturated carbocycles. The van der Waals surface area contributed by atoms with E-state index in [-0.39, 0.29) is 11.5 Å². The number of anilines is 2. The second-order valence-corrected chi connectivity index (χ2v) is 6.52. The lowest BCUT2D eigenvalue weighted by Crippen LogP contribution is -2.13. The average Bonchev–Trinajstić information content (AvgIpc) is 3.08. The monoisotopic (exact) mass is 373 g/mol. The molecule has 0 aliphatic carbocycles. The number of nitrogens with one attached hydrogen (secondary N) is 2. The van der Waals surface area contributed by atoms with Gasteiger partial charge in [-0.15, -0.1) is 10.2 Å². The number of rotatable bonds is 8. The van der Waals surface area contributed by atoms with Crippen LogP contribution in [0.2, 0.25) is 0 Å². The molecular formula is C17H16FN5O2S. The van der Waals surface area contributed by atoms with Crippen molar-refractivity contribution in [3.8, 4) is 0 Å². The van der Waals surface area contributed by atoms with Gasteiger partial charge >= 0.3 is 0 Å². The van der Waals surface area contributed by atoms with Crippen molar-refractivity contribution >= 4 is 27.8 Å². The molecule has 134 valence electrons. The van der Waals surface area contributed by atoms with Crippen LogP contribution < -0.4 is 10.6 Å². The summed E-state index contributed by atoms with van der Waals surface area (Å²) in [5.41, 5.74) is 1.86. The van der Waals surface area contributed by atoms with Gasteiger partial charge in [-0.25, -0.2) is 4.39 Å². The Bertz CT molecular complexity index is 868. The zero-order chi connectivity index (χ0) is 18.4. The number of hydrogen-bond acceptors (Lipinski definition) is 7. The standard InChI is InChI=1S/C17H16FN5O2S/c18-13-3-1-12(2-4-13)11-16-21-22-17(26-16)20-10-9-19-14-5-7-15(8-6-14)23(24)25/h1-8,19H,9-11H2,(H,20,22). The first-order valence-corrected chi connectivity index (χ1v) is 8.71. The Balaban J connectivity index is 1.43. The number of nitro benzene ring substituents is 1. The zero-order valence-corrected chi connectivity index (χ0v) is 14.5. The summed E-state index contributed by atoms with van der Waals surface area (Å²) in [5.74, 6) is -0.256. The largest absolute Gasteiger partial charge is 0.383 e. The lowest BCUT2D eigenvalue weighted by atomic mass is 10.2. The van der Waals surface area contributed by atoms with Gasteiger partial charge in [0.15, 0.2) is 0 Å². The molecule has 0 fully saturated rings. The van der Waals surface area contributed by atoms with Crippen LogP contribution in [0.5, 0.6) is 0 Å². The molecule has 0 aliphatic rings. The molecule has 0 unspecified atom stereocenters. The molecule has 2 N–H and O–H groups in total. The van der Waals surface area contributed by atoms with Crippen LogP contribution >= 0.6 is 11.3 Å². The van der Waals surface area contributed by atoms with E-state index in [9.17, 15) is 14.5 Å². The summed E-state index contributed by atoms with van der Waals surface area (Å²) in [6.45, 7) is 1.26. The van der Waals surface area contributed by atoms with E-state index in [4.69, 9.17) is 0 Å². The lowest BCUT2D eigenvalue weighted by Gasteiger charge is -2.06. The summed E-state index contributed by atoms with van der Waals surface area (Å²) < 4.78 is 12.9. The number of nitro groups is 1. The fourth-order valence-corrected chi connectivity index (χ4v) is 3.05. The third-order valence-electron chi connectivity index (χ3n) is 3.54. The van der Waals surface area contributed by atoms with Crippen molar-refractivity contribution in [2.24, 2.45) is 0 Å². The Hall–Kier alpha value is -3.07. The number of non-ortho nitro benzene ring substituents is 1. The molecule has 0 bridgehead atoms. The molecule has 0 aliphatic heterocycles. The van der Waals surface area contributed by atoms with Crippen molar-refractivity contribution in [3.05, 3.63) is 75.0 Å². The molecule has 26 heavy (non-hydrogen) atoms. The maximum absolute atomic E-state index is 12.9. The molecule has 7 nitrogen and oxygen atoms in total. The van der Waals surface area contributed by atoms with Crippen molar-refractivity contribution in [1.29, 1.82) is 0 Å². The summed E-state index contributed by atoms with van der Waals surface area (Å²) in [6.07, 6.45) is 0.612. The maximum Gasteiger partial charge on any atom is 0.269 e. The number of aromatic nitrogens is 2. The van der Waals surface area contributed by atoms with Gasteiger partial charge in [0.25, 0.3) is 5.69 Å². The molecular weight excluding hydrogens is 357 g/mol. The third kappa shape index (κ3) is 4.96. The van der Waals surface area contributed by atoms with Gasteiger partial charge in [0.2, 0.25) is 5.13 Å². The molecule has 3 aromatic rings. The summed E-state index contributed by atoms with van der Waals surface area (Å²) in [5, 5.41) is 26.7. The molecule has 0 atom stereocenters. The Labute approximate surface area is 153 Å². The normalized spacial score (nSPS) is 10.5. The number of nitrogens with zero attached hydrogens (tertiary/aromatic N) is 3. The van der Waals surface area contributed by atoms with Crippen LogP contribution in [0.15, 0.2) is 48.5 Å². The van der Waals surface area contributed by atoms with Gasteiger partial charge in [0, 0.05) is 37.3 Å². The second kappa shape index (κ2) is 8.34. The van der Waals surface area contributed by atoms with Crippen LogP contribution in [0.25, 0.3) is 0 Å². The smallest absolute Gasteiger partial charge is 0.269 e. The van der Waals surface area contributed by atoms with Crippen LogP contribution in [-0.2, 0) is 6.42 Å². The fourth-order valence-electron chi connectivity index (χ4n) is 2.25. The van der Waals surface area contributed by atoms with Gasteiger partial charge in [0.1, 0.15) is 10.8 Å². The van der Waals surface area contributed by atoms with Gasteiger partial charge in [-0.3, -0.25) is 10.1 Å². The Morgan fingerprint density at radius 1 is 1.00 bits per heavy atom. The van der Waals surface area contributed by atoms with Crippen molar-refractivity contribution in [2.75, 3.05) is 23.7 Å². The Kier molecular flexibility index (Phi) is 5.69. The first kappa shape index (κ1) is 17.7. The summed E-state index contributed by atoms with van der Waals surface area (Å²) in [6, 6.07) is 12.6. The first-order chi connectivity index (χ1) is 12.6. The van der Waals surface area contributed by atoms with Gasteiger partial charge < -0.3 is 10.6 Å². The highest BCUT2D eigenvalue weighted by Crippen LogP contribution is 2.19. The molecule has 0 radical (unpaired) electrons. The summed E-state index contributed by atoms with van der Waals surface area (Å²) >= 11 is 1.45. The van der Waals surface area contributed by atoms with Crippen LogP contribution in [0, 0.1) is 15.9 Å². The lowest BCUT2D eigenvalue weighted by molar-refractivity contribution is -0.384. The number of benzene rings is 2. The van der Waals surface area contributed by atoms with Crippen LogP contribution in [0.3, 0.4) is 0 Å². The van der Waals surface area contributed by atoms with Gasteiger partial charge in [0.05, 0.1) is 4.92 Å². The SMILES string of the molecule is O=[N+]([O-])c1ccc(NCCNc2nnc(Cc3ccc(F)cc3)s2)cc1. The zero-order valence-electron chi connectivity index (χ0n) is 13.7. The average molecular weight is 373 g/mol. The number of hydrogen-bond donors (Lipinski definition) is 2. The van der Waals surface area contributed by atoms with Crippen LogP contribution in [0.1, 0.15) is 10.6 Å². The summed E-state index contributed by atoms with van der Waals surface area (Å²) in [7, 11) is 0. The highest BCUT2D eigenvalue weighted by molar-refractivity contribution is 7.15. The molecule has 3 rings (SSSR count). The van der Waals surface area contributed by atoms with E-state index in [2.05, 4.69) is 20.8 Å². The van der Waals surface area contributed by atoms with Crippen molar-refractivity contribution in [2.45, 2.75) is 6.42 Å². The van der Waals surface area contributed by atoms with E-state index in [0.29, 0.717) is 24.6 Å². The van der Waals surface area contributed by atoms with Crippen LogP contribution in [0.4, 0.5) is 20.9 Å². The minimum atomic E-state index is -0.426. The number of halogens is 1. The molecule has 0 saturated heterocycles. The van der Waals surface area contributed by atoms with E-state index in [1.165, 1.54) is 35.6 Å². The minimum absolute atomic E-state index is 0.0659. The van der Waals surface area contributed by atoms with E-state index in [1.807, 2.05) is 0 Å². The highest BCUT2D eigenvalue weighted by atomic mass is 32.1.